The minimum atomic E-state index is 0.371. The van der Waals surface area contributed by atoms with Gasteiger partial charge in [0.25, 0.3) is 0 Å². The summed E-state index contributed by atoms with van der Waals surface area (Å²) in [6.45, 7) is 11.3. The van der Waals surface area contributed by atoms with Crippen molar-refractivity contribution < 1.29 is 4.74 Å². The van der Waals surface area contributed by atoms with Crippen LogP contribution >= 0.6 is 11.8 Å². The Hall–Kier alpha value is 0.270. The lowest BCUT2D eigenvalue weighted by Crippen LogP contribution is -2.34. The molecule has 0 spiro atoms. The maximum absolute atomic E-state index is 5.72. The summed E-state index contributed by atoms with van der Waals surface area (Å²) in [6, 6.07) is 0.651. The quantitative estimate of drug-likeness (QED) is 0.726. The summed E-state index contributed by atoms with van der Waals surface area (Å²) in [6.07, 6.45) is 6.77. The number of nitrogens with one attached hydrogen (secondary N) is 1. The van der Waals surface area contributed by atoms with Gasteiger partial charge in [-0.25, -0.2) is 0 Å². The first-order chi connectivity index (χ1) is 8.51. The molecule has 1 aliphatic rings. The number of hydrogen-bond donors (Lipinski definition) is 1. The normalized spacial score (nSPS) is 22.3. The largest absolute Gasteiger partial charge is 0.378 e. The SMILES string of the molecule is CCCNC(CCC1CCCO1)CSC(C)(C)C. The van der Waals surface area contributed by atoms with Crippen LogP contribution in [0, 0.1) is 0 Å². The van der Waals surface area contributed by atoms with Gasteiger partial charge in [-0.05, 0) is 38.6 Å². The van der Waals surface area contributed by atoms with Crippen molar-refractivity contribution in [1.82, 2.24) is 5.32 Å². The van der Waals surface area contributed by atoms with E-state index in [1.54, 1.807) is 0 Å². The third-order valence-electron chi connectivity index (χ3n) is 3.26. The lowest BCUT2D eigenvalue weighted by molar-refractivity contribution is 0.100. The van der Waals surface area contributed by atoms with Gasteiger partial charge < -0.3 is 10.1 Å². The Morgan fingerprint density at radius 2 is 2.17 bits per heavy atom. The molecule has 2 atom stereocenters. The Kier molecular flexibility index (Phi) is 7.66. The van der Waals surface area contributed by atoms with Crippen molar-refractivity contribution in [1.29, 1.82) is 0 Å². The minimum absolute atomic E-state index is 0.371. The van der Waals surface area contributed by atoms with Crippen LogP contribution in [0.25, 0.3) is 0 Å². The van der Waals surface area contributed by atoms with Crippen molar-refractivity contribution in [3.63, 3.8) is 0 Å². The first kappa shape index (κ1) is 16.3. The number of ether oxygens (including phenoxy) is 1. The lowest BCUT2D eigenvalue weighted by atomic mass is 10.1. The summed E-state index contributed by atoms with van der Waals surface area (Å²) in [7, 11) is 0. The molecule has 108 valence electrons. The van der Waals surface area contributed by atoms with Crippen LogP contribution in [0.1, 0.15) is 59.8 Å². The topological polar surface area (TPSA) is 21.3 Å². The first-order valence-corrected chi connectivity index (χ1v) is 8.49. The van der Waals surface area contributed by atoms with E-state index in [-0.39, 0.29) is 0 Å². The molecule has 0 aliphatic carbocycles. The molecule has 0 aromatic carbocycles. The molecule has 0 saturated carbocycles. The third kappa shape index (κ3) is 7.65. The number of rotatable bonds is 8. The molecule has 0 bridgehead atoms. The van der Waals surface area contributed by atoms with Crippen molar-refractivity contribution >= 4 is 11.8 Å². The summed E-state index contributed by atoms with van der Waals surface area (Å²) >= 11 is 2.07. The van der Waals surface area contributed by atoms with E-state index in [1.165, 1.54) is 37.9 Å². The van der Waals surface area contributed by atoms with Crippen LogP contribution < -0.4 is 5.32 Å². The Balaban J connectivity index is 2.24. The summed E-state index contributed by atoms with van der Waals surface area (Å²) in [5.41, 5.74) is 0. The molecule has 2 unspecified atom stereocenters. The van der Waals surface area contributed by atoms with E-state index in [0.717, 1.165) is 13.2 Å². The Morgan fingerprint density at radius 1 is 1.39 bits per heavy atom. The first-order valence-electron chi connectivity index (χ1n) is 7.50. The van der Waals surface area contributed by atoms with E-state index in [4.69, 9.17) is 4.74 Å². The highest BCUT2D eigenvalue weighted by Crippen LogP contribution is 2.25. The van der Waals surface area contributed by atoms with Gasteiger partial charge in [0, 0.05) is 23.1 Å². The summed E-state index contributed by atoms with van der Waals surface area (Å²) in [5.74, 6) is 1.22. The highest BCUT2D eigenvalue weighted by molar-refractivity contribution is 8.00. The van der Waals surface area contributed by atoms with E-state index in [9.17, 15) is 0 Å². The van der Waals surface area contributed by atoms with Crippen LogP contribution in [0.3, 0.4) is 0 Å². The van der Waals surface area contributed by atoms with Gasteiger partial charge in [0.15, 0.2) is 0 Å². The van der Waals surface area contributed by atoms with Gasteiger partial charge in [-0.1, -0.05) is 27.7 Å². The molecule has 2 nitrogen and oxygen atoms in total. The Labute approximate surface area is 118 Å². The Bertz CT molecular complexity index is 209. The van der Waals surface area contributed by atoms with E-state index >= 15 is 0 Å². The predicted octanol–water partition coefficient (Wildman–Crippen LogP) is 3.85. The zero-order valence-electron chi connectivity index (χ0n) is 12.6. The molecule has 0 radical (unpaired) electrons. The molecule has 1 fully saturated rings. The zero-order chi connectivity index (χ0) is 13.4. The van der Waals surface area contributed by atoms with Crippen molar-refractivity contribution in [3.8, 4) is 0 Å². The third-order valence-corrected chi connectivity index (χ3v) is 4.70. The van der Waals surface area contributed by atoms with Crippen molar-refractivity contribution in [3.05, 3.63) is 0 Å². The van der Waals surface area contributed by atoms with Crippen molar-refractivity contribution in [2.24, 2.45) is 0 Å². The minimum Gasteiger partial charge on any atom is -0.378 e. The summed E-state index contributed by atoms with van der Waals surface area (Å²) < 4.78 is 6.09. The van der Waals surface area contributed by atoms with Gasteiger partial charge in [-0.15, -0.1) is 0 Å². The van der Waals surface area contributed by atoms with Crippen LogP contribution in [0.2, 0.25) is 0 Å². The van der Waals surface area contributed by atoms with Gasteiger partial charge in [0.2, 0.25) is 0 Å². The Morgan fingerprint density at radius 3 is 2.72 bits per heavy atom. The van der Waals surface area contributed by atoms with E-state index < -0.39 is 0 Å². The van der Waals surface area contributed by atoms with Crippen molar-refractivity contribution in [2.45, 2.75) is 76.7 Å². The molecule has 1 saturated heterocycles. The predicted molar refractivity (Wildman–Crippen MR) is 82.5 cm³/mol. The molecular weight excluding hydrogens is 242 g/mol. The van der Waals surface area contributed by atoms with Crippen molar-refractivity contribution in [2.75, 3.05) is 18.9 Å². The fraction of sp³-hybridized carbons (Fsp3) is 1.00. The molecule has 0 amide bonds. The lowest BCUT2D eigenvalue weighted by Gasteiger charge is -2.24. The average Bonchev–Trinajstić information content (AvgIpc) is 2.79. The molecule has 1 N–H and O–H groups in total. The van der Waals surface area contributed by atoms with Crippen LogP contribution in [-0.4, -0.2) is 35.8 Å². The van der Waals surface area contributed by atoms with Gasteiger partial charge in [0.1, 0.15) is 0 Å². The zero-order valence-corrected chi connectivity index (χ0v) is 13.4. The van der Waals surface area contributed by atoms with E-state index in [2.05, 4.69) is 44.8 Å². The fourth-order valence-corrected chi connectivity index (χ4v) is 3.19. The van der Waals surface area contributed by atoms with Gasteiger partial charge >= 0.3 is 0 Å². The molecule has 1 heterocycles. The van der Waals surface area contributed by atoms with Gasteiger partial charge in [-0.2, -0.15) is 11.8 Å². The molecule has 0 aromatic heterocycles. The number of thioether (sulfide) groups is 1. The second-order valence-electron chi connectivity index (χ2n) is 6.29. The van der Waals surface area contributed by atoms with Crippen LogP contribution in [0.4, 0.5) is 0 Å². The monoisotopic (exact) mass is 273 g/mol. The molecule has 0 aromatic rings. The van der Waals surface area contributed by atoms with E-state index in [0.29, 0.717) is 16.9 Å². The molecule has 18 heavy (non-hydrogen) atoms. The molecule has 1 aliphatic heterocycles. The highest BCUT2D eigenvalue weighted by atomic mass is 32.2. The second-order valence-corrected chi connectivity index (χ2v) is 8.13. The standard InChI is InChI=1S/C15H31NOS/c1-5-10-16-13(12-18-15(2,3)4)8-9-14-7-6-11-17-14/h13-14,16H,5-12H2,1-4H3. The van der Waals surface area contributed by atoms with Crippen LogP contribution in [0.5, 0.6) is 0 Å². The molecule has 1 rings (SSSR count). The van der Waals surface area contributed by atoms with E-state index in [1.807, 2.05) is 0 Å². The van der Waals surface area contributed by atoms with Gasteiger partial charge in [-0.3, -0.25) is 0 Å². The fourth-order valence-electron chi connectivity index (χ4n) is 2.20. The smallest absolute Gasteiger partial charge is 0.0576 e. The maximum atomic E-state index is 5.72. The summed E-state index contributed by atoms with van der Waals surface area (Å²) in [5, 5.41) is 3.69. The average molecular weight is 273 g/mol. The number of hydrogen-bond acceptors (Lipinski definition) is 3. The maximum Gasteiger partial charge on any atom is 0.0576 e. The molecule has 3 heteroatoms. The molecular formula is C15H31NOS. The second kappa shape index (κ2) is 8.44. The highest BCUT2D eigenvalue weighted by Gasteiger charge is 2.19. The van der Waals surface area contributed by atoms with Gasteiger partial charge in [0.05, 0.1) is 6.10 Å². The summed E-state index contributed by atoms with van der Waals surface area (Å²) in [4.78, 5) is 0. The van der Waals surface area contributed by atoms with Crippen LogP contribution in [0.15, 0.2) is 0 Å². The van der Waals surface area contributed by atoms with Crippen LogP contribution in [-0.2, 0) is 4.74 Å².